The number of hydrogen-bond acceptors (Lipinski definition) is 5. The molecule has 1 aromatic heterocycles. The van der Waals surface area contributed by atoms with Gasteiger partial charge in [0.2, 0.25) is 0 Å². The van der Waals surface area contributed by atoms with E-state index in [1.807, 2.05) is 32.0 Å². The monoisotopic (exact) mass is 316 g/mol. The van der Waals surface area contributed by atoms with Crippen molar-refractivity contribution in [2.75, 3.05) is 6.61 Å². The van der Waals surface area contributed by atoms with Crippen LogP contribution in [0.1, 0.15) is 21.5 Å². The van der Waals surface area contributed by atoms with E-state index < -0.39 is 18.5 Å². The fraction of sp³-hybridized carbons (Fsp3) is 0.188. The van der Waals surface area contributed by atoms with Crippen LogP contribution in [0.4, 0.5) is 0 Å². The van der Waals surface area contributed by atoms with E-state index in [1.165, 1.54) is 22.9 Å². The largest absolute Gasteiger partial charge is 0.452 e. The van der Waals surface area contributed by atoms with Gasteiger partial charge in [0.1, 0.15) is 5.03 Å². The van der Waals surface area contributed by atoms with Crippen molar-refractivity contribution < 1.29 is 14.3 Å². The zero-order valence-corrected chi connectivity index (χ0v) is 13.1. The maximum absolute atomic E-state index is 12.0. The molecule has 22 heavy (non-hydrogen) atoms. The van der Waals surface area contributed by atoms with Gasteiger partial charge in [0, 0.05) is 11.1 Å². The number of carbonyl (C=O) groups excluding carboxylic acids is 2. The van der Waals surface area contributed by atoms with Crippen molar-refractivity contribution in [2.24, 2.45) is 5.73 Å². The number of pyridine rings is 1. The van der Waals surface area contributed by atoms with Gasteiger partial charge in [-0.05, 0) is 49.2 Å². The van der Waals surface area contributed by atoms with Crippen LogP contribution in [-0.4, -0.2) is 23.5 Å². The first-order valence-corrected chi connectivity index (χ1v) is 7.44. The van der Waals surface area contributed by atoms with Gasteiger partial charge < -0.3 is 10.5 Å². The van der Waals surface area contributed by atoms with E-state index in [-0.39, 0.29) is 0 Å². The first-order valence-electron chi connectivity index (χ1n) is 6.63. The molecule has 0 aliphatic heterocycles. The number of carbonyl (C=O) groups is 2. The molecule has 0 unspecified atom stereocenters. The second-order valence-electron chi connectivity index (χ2n) is 4.75. The maximum atomic E-state index is 12.0. The average molecular weight is 316 g/mol. The molecular weight excluding hydrogens is 300 g/mol. The molecule has 1 heterocycles. The summed E-state index contributed by atoms with van der Waals surface area (Å²) in [7, 11) is 0. The van der Waals surface area contributed by atoms with E-state index in [2.05, 4.69) is 4.98 Å². The van der Waals surface area contributed by atoms with E-state index in [0.29, 0.717) is 10.6 Å². The number of nitrogens with two attached hydrogens (primary N) is 1. The van der Waals surface area contributed by atoms with Crippen LogP contribution >= 0.6 is 11.8 Å². The quantitative estimate of drug-likeness (QED) is 0.857. The summed E-state index contributed by atoms with van der Waals surface area (Å²) in [6, 6.07) is 9.28. The van der Waals surface area contributed by atoms with Crippen molar-refractivity contribution in [2.45, 2.75) is 23.8 Å². The number of ether oxygens (including phenoxy) is 1. The number of hydrogen-bond donors (Lipinski definition) is 1. The van der Waals surface area contributed by atoms with E-state index >= 15 is 0 Å². The minimum atomic E-state index is -0.694. The highest BCUT2D eigenvalue weighted by Crippen LogP contribution is 2.30. The van der Waals surface area contributed by atoms with Crippen LogP contribution in [0.2, 0.25) is 0 Å². The third-order valence-electron chi connectivity index (χ3n) is 3.03. The molecule has 2 rings (SSSR count). The van der Waals surface area contributed by atoms with Crippen molar-refractivity contribution in [3.05, 3.63) is 53.2 Å². The smallest absolute Gasteiger partial charge is 0.341 e. The highest BCUT2D eigenvalue weighted by molar-refractivity contribution is 7.99. The average Bonchev–Trinajstić information content (AvgIpc) is 2.49. The van der Waals surface area contributed by atoms with Crippen LogP contribution < -0.4 is 5.73 Å². The van der Waals surface area contributed by atoms with Crippen LogP contribution in [0.5, 0.6) is 0 Å². The Morgan fingerprint density at radius 3 is 2.68 bits per heavy atom. The fourth-order valence-electron chi connectivity index (χ4n) is 1.73. The third-order valence-corrected chi connectivity index (χ3v) is 4.04. The zero-order chi connectivity index (χ0) is 16.1. The minimum absolute atomic E-state index is 0.312. The topological polar surface area (TPSA) is 82.3 Å². The van der Waals surface area contributed by atoms with Crippen molar-refractivity contribution in [1.29, 1.82) is 0 Å². The number of benzene rings is 1. The summed E-state index contributed by atoms with van der Waals surface area (Å²) in [5.74, 6) is -1.31. The van der Waals surface area contributed by atoms with E-state index in [1.54, 1.807) is 18.3 Å². The first kappa shape index (κ1) is 16.0. The summed E-state index contributed by atoms with van der Waals surface area (Å²) < 4.78 is 4.84. The summed E-state index contributed by atoms with van der Waals surface area (Å²) in [5, 5.41) is 0.528. The SMILES string of the molecule is Cc1ccc(Sc2ncccc2C(=O)OCC(N)=O)cc1C. The summed E-state index contributed by atoms with van der Waals surface area (Å²) in [6.07, 6.45) is 1.61. The van der Waals surface area contributed by atoms with Gasteiger partial charge in [-0.3, -0.25) is 4.79 Å². The number of aromatic nitrogens is 1. The van der Waals surface area contributed by atoms with Crippen LogP contribution in [0.25, 0.3) is 0 Å². The Kier molecular flexibility index (Phi) is 5.16. The van der Waals surface area contributed by atoms with Crippen molar-refractivity contribution in [1.82, 2.24) is 4.98 Å². The van der Waals surface area contributed by atoms with E-state index in [4.69, 9.17) is 10.5 Å². The lowest BCUT2D eigenvalue weighted by atomic mass is 10.1. The van der Waals surface area contributed by atoms with E-state index in [0.717, 1.165) is 4.90 Å². The predicted molar refractivity (Wildman–Crippen MR) is 83.8 cm³/mol. The summed E-state index contributed by atoms with van der Waals surface area (Å²) in [5.41, 5.74) is 7.65. The number of nitrogens with zero attached hydrogens (tertiary/aromatic N) is 1. The van der Waals surface area contributed by atoms with Crippen molar-refractivity contribution >= 4 is 23.6 Å². The van der Waals surface area contributed by atoms with Gasteiger partial charge in [-0.2, -0.15) is 0 Å². The number of rotatable bonds is 5. The highest BCUT2D eigenvalue weighted by atomic mass is 32.2. The Balaban J connectivity index is 2.22. The molecule has 6 heteroatoms. The second-order valence-corrected chi connectivity index (χ2v) is 5.81. The lowest BCUT2D eigenvalue weighted by Gasteiger charge is -2.08. The zero-order valence-electron chi connectivity index (χ0n) is 12.3. The lowest BCUT2D eigenvalue weighted by Crippen LogP contribution is -2.21. The Hall–Kier alpha value is -2.34. The minimum Gasteiger partial charge on any atom is -0.452 e. The van der Waals surface area contributed by atoms with Gasteiger partial charge in [-0.25, -0.2) is 9.78 Å². The van der Waals surface area contributed by atoms with Gasteiger partial charge in [0.15, 0.2) is 6.61 Å². The molecule has 0 spiro atoms. The van der Waals surface area contributed by atoms with Gasteiger partial charge >= 0.3 is 5.97 Å². The Morgan fingerprint density at radius 1 is 1.23 bits per heavy atom. The van der Waals surface area contributed by atoms with Crippen LogP contribution in [0.15, 0.2) is 46.5 Å². The van der Waals surface area contributed by atoms with E-state index in [9.17, 15) is 9.59 Å². The molecular formula is C16H16N2O3S. The molecule has 0 fully saturated rings. The number of esters is 1. The Morgan fingerprint density at radius 2 is 2.00 bits per heavy atom. The Bertz CT molecular complexity index is 716. The van der Waals surface area contributed by atoms with Crippen molar-refractivity contribution in [3.8, 4) is 0 Å². The normalized spacial score (nSPS) is 10.3. The lowest BCUT2D eigenvalue weighted by molar-refractivity contribution is -0.121. The maximum Gasteiger partial charge on any atom is 0.341 e. The van der Waals surface area contributed by atoms with Gasteiger partial charge in [0.25, 0.3) is 5.91 Å². The van der Waals surface area contributed by atoms with Crippen LogP contribution in [-0.2, 0) is 9.53 Å². The molecule has 1 aromatic carbocycles. The second kappa shape index (κ2) is 7.09. The van der Waals surface area contributed by atoms with Gasteiger partial charge in [-0.15, -0.1) is 0 Å². The fourth-order valence-corrected chi connectivity index (χ4v) is 2.70. The first-order chi connectivity index (χ1) is 10.5. The molecule has 0 saturated heterocycles. The third kappa shape index (κ3) is 4.08. The molecule has 114 valence electrons. The highest BCUT2D eigenvalue weighted by Gasteiger charge is 2.15. The number of primary amides is 1. The number of amides is 1. The summed E-state index contributed by atoms with van der Waals surface area (Å²) in [6.45, 7) is 3.62. The molecule has 2 N–H and O–H groups in total. The summed E-state index contributed by atoms with van der Waals surface area (Å²) in [4.78, 5) is 27.9. The standard InChI is InChI=1S/C16H16N2O3S/c1-10-5-6-12(8-11(10)2)22-15-13(4-3-7-18-15)16(20)21-9-14(17)19/h3-8H,9H2,1-2H3,(H2,17,19). The molecule has 0 aliphatic carbocycles. The van der Waals surface area contributed by atoms with Crippen LogP contribution in [0.3, 0.4) is 0 Å². The van der Waals surface area contributed by atoms with Gasteiger partial charge in [0.05, 0.1) is 5.56 Å². The molecule has 5 nitrogen and oxygen atoms in total. The van der Waals surface area contributed by atoms with Crippen molar-refractivity contribution in [3.63, 3.8) is 0 Å². The number of aryl methyl sites for hydroxylation is 2. The molecule has 0 saturated carbocycles. The Labute approximate surface area is 132 Å². The summed E-state index contributed by atoms with van der Waals surface area (Å²) >= 11 is 1.37. The molecule has 0 atom stereocenters. The molecule has 1 amide bonds. The van der Waals surface area contributed by atoms with Crippen LogP contribution in [0, 0.1) is 13.8 Å². The molecule has 0 aliphatic rings. The predicted octanol–water partition coefficient (Wildman–Crippen LogP) is 2.49. The van der Waals surface area contributed by atoms with Gasteiger partial charge in [-0.1, -0.05) is 17.8 Å². The molecule has 0 bridgehead atoms. The molecule has 2 aromatic rings. The molecule has 0 radical (unpaired) electrons.